The lowest BCUT2D eigenvalue weighted by atomic mass is 9.92. The number of hydrogen-bond acceptors (Lipinski definition) is 7. The molecule has 0 amide bonds. The molecule has 4 N–H and O–H groups in total. The van der Waals surface area contributed by atoms with Crippen LogP contribution in [0.25, 0.3) is 11.2 Å². The Hall–Kier alpha value is -1.98. The Bertz CT molecular complexity index is 1040. The highest BCUT2D eigenvalue weighted by atomic mass is 127. The Morgan fingerprint density at radius 1 is 1.16 bits per heavy atom. The molecule has 3 heterocycles. The number of ether oxygens (including phenoxy) is 1. The number of nitrogens with two attached hydrogens (primary N) is 1. The lowest BCUT2D eigenvalue weighted by Gasteiger charge is -2.27. The monoisotopic (exact) mass is 533 g/mol. The number of hydrogen-bond donors (Lipinski definition) is 3. The molecule has 0 radical (unpaired) electrons. The fraction of sp³-hybridized carbons (Fsp3) is 0.500. The van der Waals surface area contributed by atoms with E-state index in [9.17, 15) is 0 Å². The van der Waals surface area contributed by atoms with Crippen LogP contribution in [0.3, 0.4) is 0 Å². The van der Waals surface area contributed by atoms with Gasteiger partial charge in [0.15, 0.2) is 17.0 Å². The van der Waals surface area contributed by atoms with E-state index in [0.29, 0.717) is 31.2 Å². The maximum Gasteiger partial charge on any atom is 0.227 e. The number of fused-ring (bicyclic) bond motifs is 1. The van der Waals surface area contributed by atoms with E-state index >= 15 is 0 Å². The average molecular weight is 533 g/mol. The topological polar surface area (TPSA) is 103 Å². The number of benzene rings is 1. The first-order chi connectivity index (χ1) is 15.2. The Balaban J connectivity index is 1.45. The second kappa shape index (κ2) is 9.25. The van der Waals surface area contributed by atoms with Gasteiger partial charge in [-0.2, -0.15) is 9.97 Å². The van der Waals surface area contributed by atoms with Gasteiger partial charge >= 0.3 is 0 Å². The second-order valence-corrected chi connectivity index (χ2v) is 9.72. The van der Waals surface area contributed by atoms with Crippen molar-refractivity contribution in [1.82, 2.24) is 19.5 Å². The molecule has 2 aromatic heterocycles. The van der Waals surface area contributed by atoms with Crippen molar-refractivity contribution in [1.29, 1.82) is 0 Å². The first-order valence-corrected chi connectivity index (χ1v) is 12.1. The highest BCUT2D eigenvalue weighted by Crippen LogP contribution is 2.28. The van der Waals surface area contributed by atoms with Crippen LogP contribution in [-0.4, -0.2) is 44.8 Å². The number of rotatable bonds is 6. The number of nitrogens with zero attached hydrogens (tertiary/aromatic N) is 4. The molecule has 1 unspecified atom stereocenters. The molecule has 31 heavy (non-hydrogen) atoms. The molecular formula is C22H28IN7O. The van der Waals surface area contributed by atoms with Crippen LogP contribution < -0.4 is 16.4 Å². The van der Waals surface area contributed by atoms with Crippen molar-refractivity contribution in [3.05, 3.63) is 39.7 Å². The highest BCUT2D eigenvalue weighted by molar-refractivity contribution is 14.1. The van der Waals surface area contributed by atoms with Gasteiger partial charge in [0.2, 0.25) is 5.95 Å². The zero-order chi connectivity index (χ0) is 21.2. The van der Waals surface area contributed by atoms with Gasteiger partial charge in [0.25, 0.3) is 0 Å². The van der Waals surface area contributed by atoms with Gasteiger partial charge in [-0.1, -0.05) is 12.1 Å². The van der Waals surface area contributed by atoms with E-state index in [1.165, 1.54) is 9.13 Å². The van der Waals surface area contributed by atoms with E-state index < -0.39 is 0 Å². The van der Waals surface area contributed by atoms with Gasteiger partial charge in [-0.15, -0.1) is 0 Å². The number of imidazole rings is 1. The van der Waals surface area contributed by atoms with Gasteiger partial charge in [0.1, 0.15) is 0 Å². The summed E-state index contributed by atoms with van der Waals surface area (Å²) in [6, 6.07) is 9.39. The standard InChI is InChI=1S/C22H28IN7O/c23-15-3-1-2-14(10-15)11-25-20-19-21(30(13-26-19)18-8-9-31-12-18)29-22(28-20)27-17-6-4-16(24)5-7-17/h1-3,10,13,16-18H,4-9,11-12,24H2,(H2,25,27,28,29). The molecule has 1 saturated carbocycles. The van der Waals surface area contributed by atoms with Crippen molar-refractivity contribution in [2.75, 3.05) is 23.8 Å². The molecule has 0 spiro atoms. The molecule has 1 aromatic carbocycles. The molecule has 1 saturated heterocycles. The van der Waals surface area contributed by atoms with E-state index in [1.54, 1.807) is 0 Å². The van der Waals surface area contributed by atoms with Crippen molar-refractivity contribution in [3.8, 4) is 0 Å². The van der Waals surface area contributed by atoms with Gasteiger partial charge in [-0.25, -0.2) is 4.98 Å². The molecule has 3 aromatic rings. The number of halogens is 1. The van der Waals surface area contributed by atoms with Gasteiger partial charge < -0.3 is 25.7 Å². The Kier molecular flexibility index (Phi) is 6.24. The summed E-state index contributed by atoms with van der Waals surface area (Å²) in [5.74, 6) is 1.41. The van der Waals surface area contributed by atoms with Crippen molar-refractivity contribution in [3.63, 3.8) is 0 Å². The normalized spacial score (nSPS) is 23.9. The van der Waals surface area contributed by atoms with Gasteiger partial charge in [-0.3, -0.25) is 0 Å². The van der Waals surface area contributed by atoms with E-state index in [2.05, 4.69) is 67.0 Å². The first kappa shape index (κ1) is 20.9. The SMILES string of the molecule is NC1CCC(Nc2nc(NCc3cccc(I)c3)c3ncn(C4CCOC4)c3n2)CC1. The van der Waals surface area contributed by atoms with E-state index in [0.717, 1.165) is 55.7 Å². The minimum Gasteiger partial charge on any atom is -0.379 e. The zero-order valence-electron chi connectivity index (χ0n) is 17.4. The van der Waals surface area contributed by atoms with Crippen molar-refractivity contribution < 1.29 is 4.74 Å². The fourth-order valence-corrected chi connectivity index (χ4v) is 5.00. The van der Waals surface area contributed by atoms with Crippen LogP contribution in [0.2, 0.25) is 0 Å². The van der Waals surface area contributed by atoms with Crippen LogP contribution >= 0.6 is 22.6 Å². The Morgan fingerprint density at radius 2 is 2.03 bits per heavy atom. The van der Waals surface area contributed by atoms with Crippen LogP contribution in [0.4, 0.5) is 11.8 Å². The van der Waals surface area contributed by atoms with Gasteiger partial charge in [0, 0.05) is 28.8 Å². The lowest BCUT2D eigenvalue weighted by Crippen LogP contribution is -2.33. The van der Waals surface area contributed by atoms with E-state index in [4.69, 9.17) is 20.4 Å². The quantitative estimate of drug-likeness (QED) is 0.416. The van der Waals surface area contributed by atoms with Crippen molar-refractivity contribution in [2.45, 2.75) is 56.8 Å². The minimum atomic E-state index is 0.268. The fourth-order valence-electron chi connectivity index (χ4n) is 4.39. The number of nitrogens with one attached hydrogen (secondary N) is 2. The summed E-state index contributed by atoms with van der Waals surface area (Å²) in [5, 5.41) is 7.06. The molecule has 1 atom stereocenters. The van der Waals surface area contributed by atoms with Gasteiger partial charge in [-0.05, 0) is 72.4 Å². The molecule has 5 rings (SSSR count). The summed E-state index contributed by atoms with van der Waals surface area (Å²) in [6.07, 6.45) is 7.01. The summed E-state index contributed by atoms with van der Waals surface area (Å²) in [4.78, 5) is 14.4. The van der Waals surface area contributed by atoms with Gasteiger partial charge in [0.05, 0.1) is 19.0 Å². The molecule has 1 aliphatic carbocycles. The van der Waals surface area contributed by atoms with Crippen LogP contribution in [-0.2, 0) is 11.3 Å². The highest BCUT2D eigenvalue weighted by Gasteiger charge is 2.24. The van der Waals surface area contributed by atoms with Crippen molar-refractivity contribution >= 4 is 45.5 Å². The Morgan fingerprint density at radius 3 is 2.81 bits per heavy atom. The van der Waals surface area contributed by atoms with Crippen LogP contribution in [0.5, 0.6) is 0 Å². The molecule has 9 heteroatoms. The molecular weight excluding hydrogens is 505 g/mol. The third-order valence-electron chi connectivity index (χ3n) is 6.17. The predicted molar refractivity (Wildman–Crippen MR) is 130 cm³/mol. The van der Waals surface area contributed by atoms with Crippen LogP contribution in [0.1, 0.15) is 43.7 Å². The molecule has 0 bridgehead atoms. The van der Waals surface area contributed by atoms with Crippen molar-refractivity contribution in [2.24, 2.45) is 5.73 Å². The molecule has 1 aliphatic heterocycles. The van der Waals surface area contributed by atoms with Crippen LogP contribution in [0.15, 0.2) is 30.6 Å². The predicted octanol–water partition coefficient (Wildman–Crippen LogP) is 3.69. The van der Waals surface area contributed by atoms with E-state index in [1.807, 2.05) is 6.33 Å². The molecule has 8 nitrogen and oxygen atoms in total. The number of aromatic nitrogens is 4. The maximum atomic E-state index is 6.08. The van der Waals surface area contributed by atoms with E-state index in [-0.39, 0.29) is 6.04 Å². The second-order valence-electron chi connectivity index (χ2n) is 8.48. The Labute approximate surface area is 195 Å². The van der Waals surface area contributed by atoms with Crippen LogP contribution in [0, 0.1) is 3.57 Å². The minimum absolute atomic E-state index is 0.268. The molecule has 2 aliphatic rings. The first-order valence-electron chi connectivity index (χ1n) is 11.0. The summed E-state index contributed by atoms with van der Waals surface area (Å²) < 4.78 is 8.96. The molecule has 164 valence electrons. The lowest BCUT2D eigenvalue weighted by molar-refractivity contribution is 0.187. The molecule has 2 fully saturated rings. The maximum absolute atomic E-state index is 6.08. The largest absolute Gasteiger partial charge is 0.379 e. The summed E-state index contributed by atoms with van der Waals surface area (Å²) in [7, 11) is 0. The summed E-state index contributed by atoms with van der Waals surface area (Å²) in [5.41, 5.74) is 8.94. The third kappa shape index (κ3) is 4.78. The third-order valence-corrected chi connectivity index (χ3v) is 6.85. The number of anilines is 2. The zero-order valence-corrected chi connectivity index (χ0v) is 19.6. The summed E-state index contributed by atoms with van der Waals surface area (Å²) in [6.45, 7) is 2.16. The summed E-state index contributed by atoms with van der Waals surface area (Å²) >= 11 is 2.34. The smallest absolute Gasteiger partial charge is 0.227 e. The average Bonchev–Trinajstić information content (AvgIpc) is 3.43.